The molecule has 0 saturated heterocycles. The van der Waals surface area contributed by atoms with Crippen LogP contribution in [0.3, 0.4) is 0 Å². The summed E-state index contributed by atoms with van der Waals surface area (Å²) < 4.78 is 17.8. The van der Waals surface area contributed by atoms with Gasteiger partial charge in [0.25, 0.3) is 0 Å². The first-order valence-electron chi connectivity index (χ1n) is 17.1. The number of rotatable bonds is 8. The van der Waals surface area contributed by atoms with E-state index in [2.05, 4.69) is 62.7 Å². The number of fused-ring (bicyclic) bond motifs is 2. The van der Waals surface area contributed by atoms with Crippen molar-refractivity contribution in [3.63, 3.8) is 0 Å². The van der Waals surface area contributed by atoms with Gasteiger partial charge in [0.15, 0.2) is 20.7 Å². The molecule has 0 unspecified atom stereocenters. The van der Waals surface area contributed by atoms with Gasteiger partial charge in [-0.25, -0.2) is 24.7 Å². The van der Waals surface area contributed by atoms with Gasteiger partial charge in [0, 0.05) is 19.1 Å². The molecule has 4 aromatic heterocycles. The van der Waals surface area contributed by atoms with Gasteiger partial charge in [0.05, 0.1) is 10.0 Å². The number of ether oxygens (including phenoxy) is 3. The van der Waals surface area contributed by atoms with E-state index in [-0.39, 0.29) is 24.3 Å². The van der Waals surface area contributed by atoms with Crippen LogP contribution in [0.5, 0.6) is 11.8 Å². The summed E-state index contributed by atoms with van der Waals surface area (Å²) in [5.74, 6) is 1.23. The molecule has 2 fully saturated rings. The summed E-state index contributed by atoms with van der Waals surface area (Å²) in [6.07, 6.45) is 13.0. The lowest BCUT2D eigenvalue weighted by atomic mass is 9.92. The number of amides is 1. The molecule has 262 valence electrons. The molecule has 0 N–H and O–H groups in total. The molecule has 0 atom stereocenters. The largest absolute Gasteiger partial charge is 0.473 e. The number of aromatic nitrogens is 6. The van der Waals surface area contributed by atoms with Crippen LogP contribution in [0.2, 0.25) is 0 Å². The van der Waals surface area contributed by atoms with E-state index in [1.165, 1.54) is 19.2 Å². The number of aryl methyl sites for hydroxylation is 2. The molecule has 0 aliphatic heterocycles. The summed E-state index contributed by atoms with van der Waals surface area (Å²) >= 11 is 3.21. The standard InChI is InChI=1S/C19H28N4O3S.C15H22N4OS/c1-6-14-22-15-16(20-11-21-17(15)27-14)25-13-9-7-12(8-10-13)23(5)18(24)26-19(2,3)4;1-4-12-18-13-14(16-9-17-15(13)21-12)20-11-7-5-10(6-8-11)19(2)3/h11-13H,6-10H2,1-5H3;9-11H,4-8H2,1-3H3. The van der Waals surface area contributed by atoms with Gasteiger partial charge in [-0.2, -0.15) is 9.97 Å². The molecular formula is C34H50N8O4S2. The van der Waals surface area contributed by atoms with Crippen molar-refractivity contribution in [1.29, 1.82) is 0 Å². The van der Waals surface area contributed by atoms with Crippen molar-refractivity contribution < 1.29 is 19.0 Å². The SMILES string of the molecule is CCc1nc2c(OC3CCC(N(C)C(=O)OC(C)(C)C)CC3)ncnc2s1.CCc1nc2c(OC3CCC(N(C)C)CC3)ncnc2s1. The first kappa shape index (κ1) is 36.1. The minimum absolute atomic E-state index is 0.0816. The molecule has 0 aromatic carbocycles. The zero-order valence-electron chi connectivity index (χ0n) is 29.6. The molecule has 4 aromatic rings. The van der Waals surface area contributed by atoms with E-state index >= 15 is 0 Å². The Morgan fingerprint density at radius 1 is 0.729 bits per heavy atom. The molecule has 2 aliphatic rings. The van der Waals surface area contributed by atoms with Gasteiger partial charge in [-0.3, -0.25) is 0 Å². The fourth-order valence-corrected chi connectivity index (χ4v) is 7.73. The monoisotopic (exact) mass is 698 g/mol. The predicted molar refractivity (Wildman–Crippen MR) is 190 cm³/mol. The lowest BCUT2D eigenvalue weighted by molar-refractivity contribution is 0.0137. The maximum absolute atomic E-state index is 12.3. The van der Waals surface area contributed by atoms with Crippen LogP contribution in [0.15, 0.2) is 12.7 Å². The van der Waals surface area contributed by atoms with E-state index in [0.717, 1.165) is 82.1 Å². The van der Waals surface area contributed by atoms with Crippen molar-refractivity contribution in [1.82, 2.24) is 39.7 Å². The van der Waals surface area contributed by atoms with Crippen LogP contribution in [0.1, 0.15) is 96.0 Å². The zero-order valence-corrected chi connectivity index (χ0v) is 31.2. The van der Waals surface area contributed by atoms with Crippen LogP contribution in [0, 0.1) is 0 Å². The Balaban J connectivity index is 0.000000194. The number of nitrogens with zero attached hydrogens (tertiary/aromatic N) is 8. The van der Waals surface area contributed by atoms with E-state index in [4.69, 9.17) is 14.2 Å². The molecule has 2 saturated carbocycles. The second-order valence-electron chi connectivity index (χ2n) is 13.7. The van der Waals surface area contributed by atoms with Gasteiger partial charge in [0.1, 0.15) is 30.5 Å². The first-order valence-corrected chi connectivity index (χ1v) is 18.7. The lowest BCUT2D eigenvalue weighted by Crippen LogP contribution is -2.43. The second-order valence-corrected chi connectivity index (χ2v) is 15.9. The first-order chi connectivity index (χ1) is 22.9. The Bertz CT molecular complexity index is 1640. The molecule has 0 spiro atoms. The summed E-state index contributed by atoms with van der Waals surface area (Å²) in [6, 6.07) is 0.859. The van der Waals surface area contributed by atoms with E-state index < -0.39 is 5.60 Å². The van der Waals surface area contributed by atoms with Crippen molar-refractivity contribution in [3.8, 4) is 11.8 Å². The van der Waals surface area contributed by atoms with Crippen molar-refractivity contribution in [2.24, 2.45) is 0 Å². The van der Waals surface area contributed by atoms with E-state index in [1.54, 1.807) is 33.9 Å². The summed E-state index contributed by atoms with van der Waals surface area (Å²) in [5, 5.41) is 2.13. The minimum atomic E-state index is -0.477. The molecule has 0 bridgehead atoms. The molecular weight excluding hydrogens is 649 g/mol. The third kappa shape index (κ3) is 9.26. The quantitative estimate of drug-likeness (QED) is 0.187. The maximum Gasteiger partial charge on any atom is 0.410 e. The molecule has 4 heterocycles. The van der Waals surface area contributed by atoms with Gasteiger partial charge in [-0.15, -0.1) is 0 Å². The number of hydrogen-bond donors (Lipinski definition) is 0. The van der Waals surface area contributed by atoms with Gasteiger partial charge < -0.3 is 24.0 Å². The molecule has 2 aliphatic carbocycles. The zero-order chi connectivity index (χ0) is 34.4. The van der Waals surface area contributed by atoms with E-state index in [9.17, 15) is 4.79 Å². The molecule has 48 heavy (non-hydrogen) atoms. The highest BCUT2D eigenvalue weighted by Crippen LogP contribution is 2.32. The summed E-state index contributed by atoms with van der Waals surface area (Å²) in [4.78, 5) is 44.5. The fraction of sp³-hybridized carbons (Fsp3) is 0.676. The number of carbonyl (C=O) groups excluding carboxylic acids is 1. The van der Waals surface area contributed by atoms with Crippen LogP contribution in [-0.2, 0) is 17.6 Å². The Labute approximate surface area is 291 Å². The van der Waals surface area contributed by atoms with Crippen LogP contribution in [0.25, 0.3) is 20.7 Å². The van der Waals surface area contributed by atoms with E-state index in [0.29, 0.717) is 17.8 Å². The number of carbonyl (C=O) groups is 1. The highest BCUT2D eigenvalue weighted by atomic mass is 32.1. The normalized spacial score (nSPS) is 21.5. The van der Waals surface area contributed by atoms with Crippen molar-refractivity contribution in [2.75, 3.05) is 21.1 Å². The Hall–Kier alpha value is -3.23. The Morgan fingerprint density at radius 2 is 1.17 bits per heavy atom. The summed E-state index contributed by atoms with van der Waals surface area (Å²) in [5.41, 5.74) is 1.11. The average molecular weight is 699 g/mol. The fourth-order valence-electron chi connectivity index (χ4n) is 6.06. The molecule has 0 radical (unpaired) electrons. The van der Waals surface area contributed by atoms with Crippen LogP contribution >= 0.6 is 22.7 Å². The molecule has 6 rings (SSSR count). The Morgan fingerprint density at radius 3 is 1.56 bits per heavy atom. The highest BCUT2D eigenvalue weighted by molar-refractivity contribution is 7.18. The number of thiazole rings is 2. The summed E-state index contributed by atoms with van der Waals surface area (Å²) in [7, 11) is 6.12. The maximum atomic E-state index is 12.3. The number of hydrogen-bond acceptors (Lipinski definition) is 13. The summed E-state index contributed by atoms with van der Waals surface area (Å²) in [6.45, 7) is 9.83. The van der Waals surface area contributed by atoms with Crippen LogP contribution in [0.4, 0.5) is 4.79 Å². The molecule has 1 amide bonds. The topological polar surface area (TPSA) is 129 Å². The minimum Gasteiger partial charge on any atom is -0.473 e. The van der Waals surface area contributed by atoms with Crippen LogP contribution in [-0.4, -0.2) is 96.8 Å². The predicted octanol–water partition coefficient (Wildman–Crippen LogP) is 7.11. The van der Waals surface area contributed by atoms with Gasteiger partial charge >= 0.3 is 6.09 Å². The van der Waals surface area contributed by atoms with Crippen molar-refractivity contribution in [3.05, 3.63) is 22.7 Å². The average Bonchev–Trinajstić information content (AvgIpc) is 3.70. The van der Waals surface area contributed by atoms with E-state index in [1.807, 2.05) is 27.8 Å². The van der Waals surface area contributed by atoms with Gasteiger partial charge in [-0.1, -0.05) is 36.5 Å². The Kier molecular flexibility index (Phi) is 12.0. The third-order valence-corrected chi connectivity index (χ3v) is 11.0. The highest BCUT2D eigenvalue weighted by Gasteiger charge is 2.31. The third-order valence-electron chi connectivity index (χ3n) is 8.82. The van der Waals surface area contributed by atoms with Crippen molar-refractivity contribution >= 4 is 49.5 Å². The lowest BCUT2D eigenvalue weighted by Gasteiger charge is -2.35. The smallest absolute Gasteiger partial charge is 0.410 e. The van der Waals surface area contributed by atoms with Gasteiger partial charge in [-0.05, 0) is 99.1 Å². The van der Waals surface area contributed by atoms with Crippen LogP contribution < -0.4 is 9.47 Å². The second kappa shape index (κ2) is 16.0. The van der Waals surface area contributed by atoms with Crippen molar-refractivity contribution in [2.45, 2.75) is 129 Å². The molecule has 14 heteroatoms. The van der Waals surface area contributed by atoms with Gasteiger partial charge in [0.2, 0.25) is 11.8 Å². The molecule has 12 nitrogen and oxygen atoms in total.